The number of nitrogens with zero attached hydrogens (tertiary/aromatic N) is 1. The van der Waals surface area contributed by atoms with E-state index in [0.717, 1.165) is 5.82 Å². The van der Waals surface area contributed by atoms with Crippen molar-refractivity contribution in [2.45, 2.75) is 12.3 Å². The van der Waals surface area contributed by atoms with E-state index in [1.165, 1.54) is 5.56 Å². The molecule has 4 nitrogen and oxygen atoms in total. The molecule has 1 aromatic carbocycles. The maximum Gasteiger partial charge on any atom is 0.167 e. The Balaban J connectivity index is 1.74. The number of hydrogen-bond donors (Lipinski definition) is 2. The van der Waals surface area contributed by atoms with Crippen LogP contribution in [0.4, 0.5) is 0 Å². The first kappa shape index (κ1) is 9.57. The summed E-state index contributed by atoms with van der Waals surface area (Å²) in [7, 11) is 0. The molecule has 0 amide bonds. The molecular weight excluding hydrogens is 202 g/mol. The van der Waals surface area contributed by atoms with Crippen LogP contribution >= 0.6 is 0 Å². The van der Waals surface area contributed by atoms with E-state index in [-0.39, 0.29) is 12.3 Å². The van der Waals surface area contributed by atoms with Crippen LogP contribution in [0, 0.1) is 0 Å². The van der Waals surface area contributed by atoms with Crippen molar-refractivity contribution in [1.82, 2.24) is 15.3 Å². The van der Waals surface area contributed by atoms with Gasteiger partial charge in [-0.1, -0.05) is 30.3 Å². The van der Waals surface area contributed by atoms with Gasteiger partial charge in [-0.2, -0.15) is 0 Å². The highest BCUT2D eigenvalue weighted by Crippen LogP contribution is 2.26. The monoisotopic (exact) mass is 215 g/mol. The van der Waals surface area contributed by atoms with E-state index in [0.29, 0.717) is 6.61 Å². The standard InChI is InChI=1S/C12H13N3O/c1-2-4-9(5-3-1)10-8-16-12(15-10)11-13-6-7-14-11/h1-7,10,12,15H,8H2,(H,13,14)/t10-,12?/m0/s1. The van der Waals surface area contributed by atoms with Crippen molar-refractivity contribution in [3.05, 3.63) is 54.1 Å². The van der Waals surface area contributed by atoms with Crippen molar-refractivity contribution in [3.8, 4) is 0 Å². The Bertz CT molecular complexity index is 441. The molecule has 1 unspecified atom stereocenters. The van der Waals surface area contributed by atoms with Crippen LogP contribution in [0.15, 0.2) is 42.7 Å². The highest BCUT2D eigenvalue weighted by atomic mass is 16.5. The summed E-state index contributed by atoms with van der Waals surface area (Å²) in [5, 5.41) is 3.39. The lowest BCUT2D eigenvalue weighted by Gasteiger charge is -2.10. The number of hydrogen-bond acceptors (Lipinski definition) is 3. The van der Waals surface area contributed by atoms with Crippen molar-refractivity contribution >= 4 is 0 Å². The van der Waals surface area contributed by atoms with Gasteiger partial charge in [0.05, 0.1) is 12.6 Å². The summed E-state index contributed by atoms with van der Waals surface area (Å²) >= 11 is 0. The molecular formula is C12H13N3O. The molecule has 1 aliphatic heterocycles. The summed E-state index contributed by atoms with van der Waals surface area (Å²) in [6.45, 7) is 0.676. The lowest BCUT2D eigenvalue weighted by atomic mass is 10.1. The lowest BCUT2D eigenvalue weighted by Crippen LogP contribution is -2.19. The summed E-state index contributed by atoms with van der Waals surface area (Å²) < 4.78 is 5.66. The molecule has 0 radical (unpaired) electrons. The minimum atomic E-state index is -0.125. The number of rotatable bonds is 2. The smallest absolute Gasteiger partial charge is 0.167 e. The van der Waals surface area contributed by atoms with Gasteiger partial charge < -0.3 is 9.72 Å². The number of imidazole rings is 1. The number of aromatic amines is 1. The van der Waals surface area contributed by atoms with Gasteiger partial charge >= 0.3 is 0 Å². The van der Waals surface area contributed by atoms with Crippen molar-refractivity contribution in [3.63, 3.8) is 0 Å². The Morgan fingerprint density at radius 3 is 2.88 bits per heavy atom. The fraction of sp³-hybridized carbons (Fsp3) is 0.250. The van der Waals surface area contributed by atoms with Crippen LogP contribution in [0.1, 0.15) is 23.7 Å². The molecule has 1 aliphatic rings. The first-order valence-corrected chi connectivity index (χ1v) is 5.35. The third kappa shape index (κ3) is 1.73. The Labute approximate surface area is 93.7 Å². The van der Waals surface area contributed by atoms with Crippen LogP contribution in [0.5, 0.6) is 0 Å². The molecule has 4 heteroatoms. The van der Waals surface area contributed by atoms with Crippen molar-refractivity contribution in [2.24, 2.45) is 0 Å². The Hall–Kier alpha value is -1.65. The average molecular weight is 215 g/mol. The van der Waals surface area contributed by atoms with Gasteiger partial charge in [-0.05, 0) is 5.56 Å². The van der Waals surface area contributed by atoms with E-state index in [1.54, 1.807) is 12.4 Å². The zero-order chi connectivity index (χ0) is 10.8. The van der Waals surface area contributed by atoms with Gasteiger partial charge in [0.15, 0.2) is 6.23 Å². The molecule has 0 spiro atoms. The molecule has 2 atom stereocenters. The average Bonchev–Trinajstić information content (AvgIpc) is 3.01. The second kappa shape index (κ2) is 4.08. The molecule has 2 N–H and O–H groups in total. The number of ether oxygens (including phenoxy) is 1. The first-order chi connectivity index (χ1) is 7.93. The summed E-state index contributed by atoms with van der Waals surface area (Å²) in [5.74, 6) is 0.832. The van der Waals surface area contributed by atoms with Crippen LogP contribution in [0.2, 0.25) is 0 Å². The number of H-pyrrole nitrogens is 1. The van der Waals surface area contributed by atoms with Crippen LogP contribution in [-0.2, 0) is 4.74 Å². The largest absolute Gasteiger partial charge is 0.354 e. The zero-order valence-corrected chi connectivity index (χ0v) is 8.76. The lowest BCUT2D eigenvalue weighted by molar-refractivity contribution is 0.0944. The third-order valence-electron chi connectivity index (χ3n) is 2.75. The number of nitrogens with one attached hydrogen (secondary N) is 2. The fourth-order valence-electron chi connectivity index (χ4n) is 1.93. The second-order valence-corrected chi connectivity index (χ2v) is 3.82. The molecule has 1 saturated heterocycles. The van der Waals surface area contributed by atoms with Gasteiger partial charge in [-0.15, -0.1) is 0 Å². The molecule has 3 rings (SSSR count). The van der Waals surface area contributed by atoms with Gasteiger partial charge in [0.2, 0.25) is 0 Å². The van der Waals surface area contributed by atoms with E-state index in [2.05, 4.69) is 27.4 Å². The van der Waals surface area contributed by atoms with E-state index in [9.17, 15) is 0 Å². The Kier molecular flexibility index (Phi) is 2.44. The SMILES string of the molecule is c1ccc([C@@H]2COC(c3ncc[nH]3)N2)cc1. The molecule has 0 bridgehead atoms. The molecule has 2 aromatic rings. The van der Waals surface area contributed by atoms with Gasteiger partial charge in [0.1, 0.15) is 5.82 Å². The van der Waals surface area contributed by atoms with Crippen LogP contribution in [0.25, 0.3) is 0 Å². The van der Waals surface area contributed by atoms with Gasteiger partial charge in [0.25, 0.3) is 0 Å². The summed E-state index contributed by atoms with van der Waals surface area (Å²) in [6.07, 6.45) is 3.41. The maximum absolute atomic E-state index is 5.66. The molecule has 1 fully saturated rings. The first-order valence-electron chi connectivity index (χ1n) is 5.35. The normalized spacial score (nSPS) is 24.8. The van der Waals surface area contributed by atoms with Gasteiger partial charge in [-0.3, -0.25) is 5.32 Å². The molecule has 16 heavy (non-hydrogen) atoms. The Morgan fingerprint density at radius 2 is 2.12 bits per heavy atom. The van der Waals surface area contributed by atoms with Gasteiger partial charge in [-0.25, -0.2) is 4.98 Å². The number of aromatic nitrogens is 2. The van der Waals surface area contributed by atoms with E-state index < -0.39 is 0 Å². The molecule has 0 saturated carbocycles. The molecule has 1 aromatic heterocycles. The molecule has 0 aliphatic carbocycles. The second-order valence-electron chi connectivity index (χ2n) is 3.82. The summed E-state index contributed by atoms with van der Waals surface area (Å²) in [6, 6.07) is 10.5. The topological polar surface area (TPSA) is 49.9 Å². The fourth-order valence-corrected chi connectivity index (χ4v) is 1.93. The predicted octanol–water partition coefficient (Wildman–Crippen LogP) is 1.77. The minimum Gasteiger partial charge on any atom is -0.354 e. The van der Waals surface area contributed by atoms with E-state index >= 15 is 0 Å². The van der Waals surface area contributed by atoms with Crippen LogP contribution in [0.3, 0.4) is 0 Å². The Morgan fingerprint density at radius 1 is 1.25 bits per heavy atom. The third-order valence-corrected chi connectivity index (χ3v) is 2.75. The number of benzene rings is 1. The predicted molar refractivity (Wildman–Crippen MR) is 59.6 cm³/mol. The van der Waals surface area contributed by atoms with Crippen molar-refractivity contribution in [1.29, 1.82) is 0 Å². The van der Waals surface area contributed by atoms with Crippen LogP contribution < -0.4 is 5.32 Å². The van der Waals surface area contributed by atoms with E-state index in [1.807, 2.05) is 18.2 Å². The quantitative estimate of drug-likeness (QED) is 0.802. The van der Waals surface area contributed by atoms with Crippen molar-refractivity contribution in [2.75, 3.05) is 6.61 Å². The highest BCUT2D eigenvalue weighted by Gasteiger charge is 2.27. The maximum atomic E-state index is 5.66. The van der Waals surface area contributed by atoms with Crippen LogP contribution in [-0.4, -0.2) is 16.6 Å². The minimum absolute atomic E-state index is 0.125. The zero-order valence-electron chi connectivity index (χ0n) is 8.76. The van der Waals surface area contributed by atoms with Gasteiger partial charge in [0, 0.05) is 12.4 Å². The molecule has 82 valence electrons. The summed E-state index contributed by atoms with van der Waals surface area (Å²) in [5.41, 5.74) is 1.25. The summed E-state index contributed by atoms with van der Waals surface area (Å²) in [4.78, 5) is 7.24. The highest BCUT2D eigenvalue weighted by molar-refractivity contribution is 5.20. The van der Waals surface area contributed by atoms with E-state index in [4.69, 9.17) is 4.74 Å². The molecule has 2 heterocycles. The van der Waals surface area contributed by atoms with Crippen molar-refractivity contribution < 1.29 is 4.74 Å².